The van der Waals surface area contributed by atoms with E-state index in [0.29, 0.717) is 18.3 Å². The number of hydroxylamine groups is 2. The molecule has 0 aliphatic carbocycles. The summed E-state index contributed by atoms with van der Waals surface area (Å²) in [5.74, 6) is 0. The van der Waals surface area contributed by atoms with E-state index in [1.807, 2.05) is 0 Å². The minimum atomic E-state index is 0.189. The highest BCUT2D eigenvalue weighted by Crippen LogP contribution is 2.05. The van der Waals surface area contributed by atoms with E-state index in [-0.39, 0.29) is 24.4 Å². The lowest BCUT2D eigenvalue weighted by Gasteiger charge is -2.28. The number of hydrazine groups is 2. The Morgan fingerprint density at radius 1 is 1.09 bits per heavy atom. The summed E-state index contributed by atoms with van der Waals surface area (Å²) in [4.78, 5) is 0. The van der Waals surface area contributed by atoms with Crippen molar-refractivity contribution in [2.75, 3.05) is 33.2 Å². The van der Waals surface area contributed by atoms with Crippen molar-refractivity contribution in [1.29, 1.82) is 0 Å². The Morgan fingerprint density at radius 2 is 1.64 bits per heavy atom. The molecule has 10 heteroatoms. The third-order valence-electron chi connectivity index (χ3n) is 3.79. The normalized spacial score (nSPS) is 31.8. The van der Waals surface area contributed by atoms with Crippen LogP contribution in [-0.4, -0.2) is 68.0 Å². The lowest BCUT2D eigenvalue weighted by molar-refractivity contribution is 0.306. The van der Waals surface area contributed by atoms with Gasteiger partial charge in [0.05, 0.1) is 12.3 Å². The average molecular weight is 314 g/mol. The van der Waals surface area contributed by atoms with Gasteiger partial charge >= 0.3 is 0 Å². The fraction of sp³-hybridized carbons (Fsp3) is 0.833. The summed E-state index contributed by atoms with van der Waals surface area (Å²) < 4.78 is 0. The van der Waals surface area contributed by atoms with E-state index >= 15 is 0 Å². The van der Waals surface area contributed by atoms with Gasteiger partial charge in [0.2, 0.25) is 0 Å². The summed E-state index contributed by atoms with van der Waals surface area (Å²) in [7, 11) is 1.44. The summed E-state index contributed by atoms with van der Waals surface area (Å²) in [6.07, 6.45) is 2.46. The summed E-state index contributed by atoms with van der Waals surface area (Å²) in [6, 6.07) is 0.441. The van der Waals surface area contributed by atoms with Gasteiger partial charge < -0.3 is 31.4 Å². The summed E-state index contributed by atoms with van der Waals surface area (Å²) in [5.41, 5.74) is 5.44. The van der Waals surface area contributed by atoms with Gasteiger partial charge in [0, 0.05) is 44.7 Å². The molecule has 0 spiro atoms. The maximum absolute atomic E-state index is 11.1. The fourth-order valence-electron chi connectivity index (χ4n) is 2.68. The van der Waals surface area contributed by atoms with Gasteiger partial charge in [-0.15, -0.1) is 0 Å². The second-order valence-corrected chi connectivity index (χ2v) is 5.61. The first-order valence-electron chi connectivity index (χ1n) is 7.52. The van der Waals surface area contributed by atoms with Crippen molar-refractivity contribution < 1.29 is 0 Å². The van der Waals surface area contributed by atoms with Crippen LogP contribution in [0.15, 0.2) is 12.8 Å². The minimum Gasteiger partial charge on any atom is -0.772 e. The number of rotatable bonds is 9. The molecule has 6 N–H and O–H groups in total. The molecular weight excluding hydrogens is 288 g/mol. The predicted molar refractivity (Wildman–Crippen MR) is 84.6 cm³/mol. The largest absolute Gasteiger partial charge is 0.772 e. The molecular formula is C12H26N8O2-2. The molecule has 2 heterocycles. The van der Waals surface area contributed by atoms with Gasteiger partial charge in [-0.2, -0.15) is 0 Å². The van der Waals surface area contributed by atoms with Crippen molar-refractivity contribution >= 4 is 0 Å². The van der Waals surface area contributed by atoms with E-state index in [1.54, 1.807) is 0 Å². The zero-order valence-corrected chi connectivity index (χ0v) is 12.8. The maximum atomic E-state index is 11.1. The molecule has 2 fully saturated rings. The van der Waals surface area contributed by atoms with Crippen molar-refractivity contribution in [1.82, 2.24) is 42.5 Å². The summed E-state index contributed by atoms with van der Waals surface area (Å²) in [5, 5.41) is 36.9. The molecule has 128 valence electrons. The van der Waals surface area contributed by atoms with Crippen molar-refractivity contribution in [3.8, 4) is 0 Å². The van der Waals surface area contributed by atoms with Crippen molar-refractivity contribution in [3.05, 3.63) is 23.2 Å². The van der Waals surface area contributed by atoms with Crippen LogP contribution >= 0.6 is 0 Å². The lowest BCUT2D eigenvalue weighted by Crippen LogP contribution is -2.47. The van der Waals surface area contributed by atoms with Crippen LogP contribution in [0.2, 0.25) is 0 Å². The predicted octanol–water partition coefficient (Wildman–Crippen LogP) is -2.47. The van der Waals surface area contributed by atoms with Crippen molar-refractivity contribution in [2.45, 2.75) is 30.8 Å². The highest BCUT2D eigenvalue weighted by Gasteiger charge is 2.29. The van der Waals surface area contributed by atoms with Crippen LogP contribution in [0.1, 0.15) is 6.42 Å². The van der Waals surface area contributed by atoms with Gasteiger partial charge in [-0.05, 0) is 13.2 Å². The van der Waals surface area contributed by atoms with E-state index in [9.17, 15) is 10.4 Å². The van der Waals surface area contributed by atoms with Crippen molar-refractivity contribution in [2.24, 2.45) is 0 Å². The van der Waals surface area contributed by atoms with Gasteiger partial charge in [0.15, 0.2) is 0 Å². The van der Waals surface area contributed by atoms with Crippen LogP contribution in [0.4, 0.5) is 0 Å². The molecule has 2 rings (SSSR count). The molecule has 2 aliphatic rings. The highest BCUT2D eigenvalue weighted by molar-refractivity contribution is 4.91. The molecule has 0 saturated carbocycles. The standard InChI is InChI=1S/C12H26N8O2/c1-3-20(22)16-8-10-6-14-12(18-10)4-11-13-5-9(17-11)7-15-19(2)21/h3,9-18H,1,4-8H2,2H3/q-2. The number of hydrogen-bond donors (Lipinski definition) is 6. The number of nitrogens with zero attached hydrogens (tertiary/aromatic N) is 2. The lowest BCUT2D eigenvalue weighted by atomic mass is 10.2. The smallest absolute Gasteiger partial charge is 0.0603 e. The number of hydrogen-bond acceptors (Lipinski definition) is 10. The first-order valence-corrected chi connectivity index (χ1v) is 7.52. The van der Waals surface area contributed by atoms with Crippen LogP contribution in [-0.2, 0) is 0 Å². The van der Waals surface area contributed by atoms with Crippen LogP contribution in [0.25, 0.3) is 0 Å². The third-order valence-corrected chi connectivity index (χ3v) is 3.79. The Labute approximate surface area is 130 Å². The highest BCUT2D eigenvalue weighted by atomic mass is 16.5. The Bertz CT molecular complexity index is 345. The zero-order chi connectivity index (χ0) is 15.9. The second-order valence-electron chi connectivity index (χ2n) is 5.61. The van der Waals surface area contributed by atoms with Gasteiger partial charge in [0.25, 0.3) is 0 Å². The molecule has 22 heavy (non-hydrogen) atoms. The Kier molecular flexibility index (Phi) is 6.95. The Hall–Kier alpha value is -0.820. The first-order chi connectivity index (χ1) is 10.6. The first kappa shape index (κ1) is 17.5. The molecule has 2 aliphatic heterocycles. The van der Waals surface area contributed by atoms with Crippen LogP contribution in [0, 0.1) is 10.4 Å². The molecule has 0 aromatic heterocycles. The molecule has 2 saturated heterocycles. The van der Waals surface area contributed by atoms with Crippen molar-refractivity contribution in [3.63, 3.8) is 0 Å². The average Bonchev–Trinajstić information content (AvgIpc) is 3.12. The Morgan fingerprint density at radius 3 is 2.14 bits per heavy atom. The fourth-order valence-corrected chi connectivity index (χ4v) is 2.68. The van der Waals surface area contributed by atoms with Gasteiger partial charge in [-0.3, -0.25) is 16.1 Å². The Balaban J connectivity index is 1.61. The van der Waals surface area contributed by atoms with Gasteiger partial charge in [-0.1, -0.05) is 6.58 Å². The molecule has 0 aromatic rings. The van der Waals surface area contributed by atoms with Gasteiger partial charge in [0.1, 0.15) is 0 Å². The van der Waals surface area contributed by atoms with E-state index in [2.05, 4.69) is 38.7 Å². The molecule has 10 nitrogen and oxygen atoms in total. The molecule has 0 radical (unpaired) electrons. The van der Waals surface area contributed by atoms with Crippen LogP contribution in [0.3, 0.4) is 0 Å². The van der Waals surface area contributed by atoms with Crippen LogP contribution in [0.5, 0.6) is 0 Å². The zero-order valence-electron chi connectivity index (χ0n) is 12.8. The van der Waals surface area contributed by atoms with Gasteiger partial charge in [-0.25, -0.2) is 5.43 Å². The third kappa shape index (κ3) is 5.76. The van der Waals surface area contributed by atoms with Crippen LogP contribution < -0.4 is 32.1 Å². The molecule has 0 amide bonds. The topological polar surface area (TPSA) is 125 Å². The summed E-state index contributed by atoms with van der Waals surface area (Å²) in [6.45, 7) is 6.18. The molecule has 4 unspecified atom stereocenters. The second kappa shape index (κ2) is 8.72. The maximum Gasteiger partial charge on any atom is 0.0603 e. The SMILES string of the molecule is C=CN([O-])NCC1CNC(CC2NCC(CNN(C)[O-])N2)N1. The quantitative estimate of drug-likeness (QED) is 0.255. The molecule has 4 atom stereocenters. The monoisotopic (exact) mass is 314 g/mol. The van der Waals surface area contributed by atoms with E-state index in [4.69, 9.17) is 0 Å². The summed E-state index contributed by atoms with van der Waals surface area (Å²) >= 11 is 0. The molecule has 0 bridgehead atoms. The molecule has 0 aromatic carbocycles. The van der Waals surface area contributed by atoms with E-state index < -0.39 is 0 Å². The van der Waals surface area contributed by atoms with E-state index in [0.717, 1.165) is 24.7 Å². The number of nitrogens with one attached hydrogen (secondary N) is 6. The minimum absolute atomic E-state index is 0.189. The van der Waals surface area contributed by atoms with E-state index in [1.165, 1.54) is 13.2 Å².